The maximum atomic E-state index is 11.7. The summed E-state index contributed by atoms with van der Waals surface area (Å²) in [5, 5.41) is 0.450. The minimum atomic E-state index is -0.783. The third-order valence-corrected chi connectivity index (χ3v) is 3.52. The van der Waals surface area contributed by atoms with Crippen LogP contribution in [-0.4, -0.2) is 51.9 Å². The lowest BCUT2D eigenvalue weighted by molar-refractivity contribution is -0.197. The number of hydroxylamine groups is 2. The molecular formula is C14H16N2O7. The first-order valence-corrected chi connectivity index (χ1v) is 7.30. The topological polar surface area (TPSA) is 118 Å². The Bertz CT molecular complexity index is 502. The van der Waals surface area contributed by atoms with Crippen LogP contribution in [0.25, 0.3) is 0 Å². The van der Waals surface area contributed by atoms with Crippen LogP contribution < -0.4 is 0 Å². The molecule has 0 aliphatic carbocycles. The van der Waals surface area contributed by atoms with Gasteiger partial charge >= 0.3 is 5.97 Å². The van der Waals surface area contributed by atoms with Gasteiger partial charge in [-0.15, -0.1) is 5.06 Å². The fraction of sp³-hybridized carbons (Fsp3) is 0.571. The van der Waals surface area contributed by atoms with Gasteiger partial charge in [-0.2, -0.15) is 0 Å². The van der Waals surface area contributed by atoms with E-state index in [-0.39, 0.29) is 69.1 Å². The highest BCUT2D eigenvalue weighted by Gasteiger charge is 2.33. The fourth-order valence-corrected chi connectivity index (χ4v) is 2.29. The lowest BCUT2D eigenvalue weighted by Crippen LogP contribution is -2.34. The summed E-state index contributed by atoms with van der Waals surface area (Å²) in [7, 11) is 0. The van der Waals surface area contributed by atoms with Crippen molar-refractivity contribution < 1.29 is 33.6 Å². The Morgan fingerprint density at radius 3 is 1.91 bits per heavy atom. The molecule has 0 N–H and O–H groups in total. The van der Waals surface area contributed by atoms with Crippen molar-refractivity contribution in [1.29, 1.82) is 0 Å². The maximum Gasteiger partial charge on any atom is 0.333 e. The fourth-order valence-electron chi connectivity index (χ4n) is 2.29. The van der Waals surface area contributed by atoms with E-state index >= 15 is 0 Å². The molecule has 124 valence electrons. The Labute approximate surface area is 131 Å². The molecule has 0 saturated carbocycles. The Balaban J connectivity index is 1.68. The molecule has 4 amide bonds. The van der Waals surface area contributed by atoms with Gasteiger partial charge in [0, 0.05) is 38.5 Å². The van der Waals surface area contributed by atoms with Gasteiger partial charge in [-0.25, -0.2) is 4.79 Å². The largest absolute Gasteiger partial charge is 0.333 e. The van der Waals surface area contributed by atoms with Crippen molar-refractivity contribution in [2.24, 2.45) is 0 Å². The molecule has 0 radical (unpaired) electrons. The van der Waals surface area contributed by atoms with Crippen molar-refractivity contribution in [3.63, 3.8) is 0 Å². The minimum Gasteiger partial charge on any atom is -0.330 e. The first-order chi connectivity index (χ1) is 10.9. The van der Waals surface area contributed by atoms with Crippen LogP contribution in [0.15, 0.2) is 0 Å². The molecule has 9 nitrogen and oxygen atoms in total. The molecule has 2 aliphatic rings. The number of likely N-dealkylation sites (tertiary alicyclic amines) is 1. The molecule has 23 heavy (non-hydrogen) atoms. The predicted molar refractivity (Wildman–Crippen MR) is 72.0 cm³/mol. The van der Waals surface area contributed by atoms with Crippen LogP contribution >= 0.6 is 0 Å². The minimum absolute atomic E-state index is 0.00590. The van der Waals surface area contributed by atoms with E-state index in [1.54, 1.807) is 0 Å². The van der Waals surface area contributed by atoms with Crippen LogP contribution in [0.5, 0.6) is 0 Å². The summed E-state index contributed by atoms with van der Waals surface area (Å²) in [6.45, 7) is -0.282. The molecule has 0 aromatic rings. The Morgan fingerprint density at radius 2 is 1.35 bits per heavy atom. The zero-order valence-electron chi connectivity index (χ0n) is 12.4. The van der Waals surface area contributed by atoms with E-state index < -0.39 is 17.8 Å². The van der Waals surface area contributed by atoms with Gasteiger partial charge < -0.3 is 4.84 Å². The Kier molecular flexibility index (Phi) is 5.20. The van der Waals surface area contributed by atoms with Crippen LogP contribution in [0, 0.1) is 0 Å². The monoisotopic (exact) mass is 324 g/mol. The van der Waals surface area contributed by atoms with Crippen LogP contribution in [0.4, 0.5) is 0 Å². The second-order valence-corrected chi connectivity index (χ2v) is 5.31. The highest BCUT2D eigenvalue weighted by Crippen LogP contribution is 2.14. The van der Waals surface area contributed by atoms with Gasteiger partial charge in [0.15, 0.2) is 5.78 Å². The molecule has 2 rings (SSSR count). The molecule has 2 aliphatic heterocycles. The number of carbonyl (C=O) groups excluding carboxylic acids is 6. The molecular weight excluding hydrogens is 308 g/mol. The number of hydrogen-bond donors (Lipinski definition) is 0. The van der Waals surface area contributed by atoms with E-state index in [1.165, 1.54) is 0 Å². The summed E-state index contributed by atoms with van der Waals surface area (Å²) in [5.41, 5.74) is 0. The second kappa shape index (κ2) is 7.12. The molecule has 0 spiro atoms. The molecule has 2 saturated heterocycles. The Morgan fingerprint density at radius 1 is 0.826 bits per heavy atom. The van der Waals surface area contributed by atoms with E-state index in [2.05, 4.69) is 4.84 Å². The summed E-state index contributed by atoms with van der Waals surface area (Å²) < 4.78 is 0. The number of nitrogens with zero attached hydrogens (tertiary/aromatic N) is 2. The van der Waals surface area contributed by atoms with Crippen molar-refractivity contribution in [3.05, 3.63) is 0 Å². The Hall–Kier alpha value is -2.58. The molecule has 0 bridgehead atoms. The van der Waals surface area contributed by atoms with Crippen molar-refractivity contribution in [2.45, 2.75) is 44.9 Å². The van der Waals surface area contributed by atoms with Crippen molar-refractivity contribution in [2.75, 3.05) is 6.54 Å². The third-order valence-electron chi connectivity index (χ3n) is 3.52. The lowest BCUT2D eigenvalue weighted by Gasteiger charge is -2.13. The molecule has 2 heterocycles. The number of imide groups is 2. The molecule has 0 unspecified atom stereocenters. The number of carbonyl (C=O) groups is 6. The second-order valence-electron chi connectivity index (χ2n) is 5.31. The standard InChI is InChI=1S/C14H16N2O7/c17-9(8-15-10(18)4-5-11(15)19)2-1-3-14(22)23-16-12(20)6-7-13(16)21/h1-8H2. The first kappa shape index (κ1) is 16.8. The van der Waals surface area contributed by atoms with Gasteiger partial charge in [0.2, 0.25) is 11.8 Å². The summed E-state index contributed by atoms with van der Waals surface area (Å²) in [6.07, 6.45) is 0.264. The summed E-state index contributed by atoms with van der Waals surface area (Å²) in [6, 6.07) is 0. The van der Waals surface area contributed by atoms with Crippen LogP contribution in [0.1, 0.15) is 44.9 Å². The third kappa shape index (κ3) is 4.21. The van der Waals surface area contributed by atoms with E-state index in [1.807, 2.05) is 0 Å². The number of Topliss-reactive ketones (excluding diaryl/α,β-unsaturated/α-hetero) is 1. The normalized spacial score (nSPS) is 18.1. The molecule has 0 atom stereocenters. The first-order valence-electron chi connectivity index (χ1n) is 7.30. The number of rotatable bonds is 7. The van der Waals surface area contributed by atoms with Gasteiger partial charge in [-0.05, 0) is 6.42 Å². The van der Waals surface area contributed by atoms with E-state index in [4.69, 9.17) is 0 Å². The lowest BCUT2D eigenvalue weighted by atomic mass is 10.1. The van der Waals surface area contributed by atoms with Gasteiger partial charge in [0.05, 0.1) is 6.54 Å². The summed E-state index contributed by atoms with van der Waals surface area (Å²) in [5.74, 6) is -2.98. The van der Waals surface area contributed by atoms with Crippen LogP contribution in [-0.2, 0) is 33.6 Å². The molecule has 0 aromatic heterocycles. The molecule has 0 aromatic carbocycles. The zero-order chi connectivity index (χ0) is 17.0. The van der Waals surface area contributed by atoms with Gasteiger partial charge in [-0.1, -0.05) is 0 Å². The van der Waals surface area contributed by atoms with Crippen molar-refractivity contribution in [3.8, 4) is 0 Å². The number of amides is 4. The SMILES string of the molecule is O=C(CCCC(=O)ON1C(=O)CCC1=O)CN1C(=O)CCC1=O. The van der Waals surface area contributed by atoms with Crippen LogP contribution in [0.3, 0.4) is 0 Å². The summed E-state index contributed by atoms with van der Waals surface area (Å²) in [4.78, 5) is 74.1. The van der Waals surface area contributed by atoms with Crippen LogP contribution in [0.2, 0.25) is 0 Å². The quantitative estimate of drug-likeness (QED) is 0.578. The molecule has 9 heteroatoms. The van der Waals surface area contributed by atoms with E-state index in [0.717, 1.165) is 4.90 Å². The van der Waals surface area contributed by atoms with Crippen molar-refractivity contribution in [1.82, 2.24) is 9.96 Å². The number of ketones is 1. The zero-order valence-corrected chi connectivity index (χ0v) is 12.4. The highest BCUT2D eigenvalue weighted by molar-refractivity contribution is 6.04. The van der Waals surface area contributed by atoms with E-state index in [9.17, 15) is 28.8 Å². The maximum absolute atomic E-state index is 11.7. The van der Waals surface area contributed by atoms with E-state index in [0.29, 0.717) is 5.06 Å². The number of hydrogen-bond acceptors (Lipinski definition) is 7. The van der Waals surface area contributed by atoms with Gasteiger partial charge in [0.25, 0.3) is 11.8 Å². The van der Waals surface area contributed by atoms with Crippen molar-refractivity contribution >= 4 is 35.4 Å². The average Bonchev–Trinajstić information content (AvgIpc) is 2.97. The van der Waals surface area contributed by atoms with Gasteiger partial charge in [0.1, 0.15) is 0 Å². The summed E-state index contributed by atoms with van der Waals surface area (Å²) >= 11 is 0. The average molecular weight is 324 g/mol. The molecule has 2 fully saturated rings. The highest BCUT2D eigenvalue weighted by atomic mass is 16.7. The predicted octanol–water partition coefficient (Wildman–Crippen LogP) is -0.518. The van der Waals surface area contributed by atoms with Gasteiger partial charge in [-0.3, -0.25) is 28.9 Å². The smallest absolute Gasteiger partial charge is 0.330 e.